The van der Waals surface area contributed by atoms with Crippen molar-refractivity contribution in [1.29, 1.82) is 0 Å². The number of fused-ring (bicyclic) bond motifs is 7. The lowest BCUT2D eigenvalue weighted by molar-refractivity contribution is 0.568. The average Bonchev–Trinajstić information content (AvgIpc) is 0.886. The highest BCUT2D eigenvalue weighted by molar-refractivity contribution is 7.00. The average molecular weight is 1120 g/mol. The monoisotopic (exact) mass is 1120 g/mol. The fourth-order valence-electron chi connectivity index (χ4n) is 13.2. The molecule has 10 aromatic carbocycles. The van der Waals surface area contributed by atoms with Crippen molar-refractivity contribution in [3.05, 3.63) is 253 Å². The first-order valence-electron chi connectivity index (χ1n) is 30.6. The van der Waals surface area contributed by atoms with Crippen LogP contribution >= 0.6 is 0 Å². The van der Waals surface area contributed by atoms with E-state index in [0.29, 0.717) is 5.82 Å². The zero-order valence-electron chi connectivity index (χ0n) is 51.8. The van der Waals surface area contributed by atoms with E-state index in [-0.39, 0.29) is 28.4 Å². The van der Waals surface area contributed by atoms with E-state index in [2.05, 4.69) is 328 Å². The van der Waals surface area contributed by atoms with Gasteiger partial charge in [-0.05, 0) is 156 Å². The van der Waals surface area contributed by atoms with Crippen molar-refractivity contribution in [2.24, 2.45) is 0 Å². The fourth-order valence-corrected chi connectivity index (χ4v) is 13.2. The first kappa shape index (κ1) is 54.7. The lowest BCUT2D eigenvalue weighted by Gasteiger charge is -2.45. The third kappa shape index (κ3) is 9.42. The summed E-state index contributed by atoms with van der Waals surface area (Å²) in [5.74, 6) is 0.673. The summed E-state index contributed by atoms with van der Waals surface area (Å²) in [7, 11) is 0. The van der Waals surface area contributed by atoms with E-state index in [1.165, 1.54) is 83.5 Å². The number of anilines is 6. The quantitative estimate of drug-likeness (QED) is 0.149. The summed E-state index contributed by atoms with van der Waals surface area (Å²) in [5.41, 5.74) is 26.3. The van der Waals surface area contributed by atoms with Crippen molar-refractivity contribution >= 4 is 79.0 Å². The molecule has 0 fully saturated rings. The molecule has 422 valence electrons. The highest BCUT2D eigenvalue weighted by atomic mass is 15.2. The molecular weight excluding hydrogens is 1040 g/mol. The Hall–Kier alpha value is -9.26. The topological polar surface area (TPSA) is 37.2 Å². The summed E-state index contributed by atoms with van der Waals surface area (Å²) < 4.78 is 2.42. The molecule has 4 heterocycles. The molecule has 86 heavy (non-hydrogen) atoms. The largest absolute Gasteiger partial charge is 0.311 e. The molecule has 0 saturated carbocycles. The second kappa shape index (κ2) is 20.2. The Balaban J connectivity index is 1.03. The molecule has 0 aliphatic carbocycles. The predicted octanol–water partition coefficient (Wildman–Crippen LogP) is 19.5. The summed E-state index contributed by atoms with van der Waals surface area (Å²) >= 11 is 0. The fraction of sp³-hybridized carbons (Fsp3) is 0.200. The molecule has 2 aromatic heterocycles. The molecule has 5 nitrogen and oxygen atoms in total. The third-order valence-corrected chi connectivity index (χ3v) is 18.0. The van der Waals surface area contributed by atoms with Crippen LogP contribution in [0.15, 0.2) is 231 Å². The van der Waals surface area contributed by atoms with Crippen molar-refractivity contribution in [2.75, 3.05) is 9.80 Å². The SMILES string of the molecule is CC(C)(C)c1cc(N2c3ccccc3B3c4ccccc4N(c4cc(C(C)(C)C)cc(C(C)(C)C)c4)c4cc(-c5ccc6c(c5)c5ccccc5n6-c5ccccc5-c5nc(-c6ccccc6)cc(-c6ccccc6)n5)cc2c43)cc(C(C)(C)C)c1. The van der Waals surface area contributed by atoms with Crippen molar-refractivity contribution in [3.63, 3.8) is 0 Å². The van der Waals surface area contributed by atoms with Crippen molar-refractivity contribution in [2.45, 2.75) is 105 Å². The zero-order valence-corrected chi connectivity index (χ0v) is 51.8. The summed E-state index contributed by atoms with van der Waals surface area (Å²) in [4.78, 5) is 15.9. The Morgan fingerprint density at radius 3 is 1.22 bits per heavy atom. The van der Waals surface area contributed by atoms with Gasteiger partial charge in [-0.15, -0.1) is 0 Å². The van der Waals surface area contributed by atoms with Crippen LogP contribution in [0, 0.1) is 0 Å². The summed E-state index contributed by atoms with van der Waals surface area (Å²) in [6.45, 7) is 28.1. The van der Waals surface area contributed by atoms with Gasteiger partial charge >= 0.3 is 0 Å². The number of para-hydroxylation sites is 4. The number of benzene rings is 10. The molecule has 0 radical (unpaired) electrons. The third-order valence-electron chi connectivity index (χ3n) is 18.0. The van der Waals surface area contributed by atoms with Crippen LogP contribution in [0.3, 0.4) is 0 Å². The molecule has 0 saturated heterocycles. The van der Waals surface area contributed by atoms with Crippen LogP contribution in [-0.2, 0) is 21.7 Å². The van der Waals surface area contributed by atoms with Gasteiger partial charge in [0.25, 0.3) is 6.71 Å². The van der Waals surface area contributed by atoms with Gasteiger partial charge in [-0.2, -0.15) is 0 Å². The number of hydrogen-bond donors (Lipinski definition) is 0. The molecule has 2 aliphatic heterocycles. The van der Waals surface area contributed by atoms with Crippen LogP contribution in [0.5, 0.6) is 0 Å². The zero-order chi connectivity index (χ0) is 59.6. The van der Waals surface area contributed by atoms with E-state index in [1.807, 2.05) is 0 Å². The van der Waals surface area contributed by atoms with Gasteiger partial charge in [0, 0.05) is 61.6 Å². The number of rotatable bonds is 7. The number of hydrogen-bond acceptors (Lipinski definition) is 4. The Labute approximate surface area is 508 Å². The molecule has 0 unspecified atom stereocenters. The van der Waals surface area contributed by atoms with Crippen LogP contribution < -0.4 is 26.2 Å². The van der Waals surface area contributed by atoms with E-state index in [1.54, 1.807) is 0 Å². The maximum absolute atomic E-state index is 5.36. The highest BCUT2D eigenvalue weighted by Gasteiger charge is 2.44. The van der Waals surface area contributed by atoms with Gasteiger partial charge < -0.3 is 14.4 Å². The minimum Gasteiger partial charge on any atom is -0.311 e. The van der Waals surface area contributed by atoms with Gasteiger partial charge in [0.2, 0.25) is 0 Å². The molecule has 12 aromatic rings. The highest BCUT2D eigenvalue weighted by Crippen LogP contribution is 2.49. The van der Waals surface area contributed by atoms with Crippen molar-refractivity contribution < 1.29 is 0 Å². The van der Waals surface area contributed by atoms with Gasteiger partial charge in [0.1, 0.15) is 0 Å². The molecule has 6 heteroatoms. The second-order valence-corrected chi connectivity index (χ2v) is 28.0. The van der Waals surface area contributed by atoms with Gasteiger partial charge in [-0.1, -0.05) is 229 Å². The summed E-state index contributed by atoms with van der Waals surface area (Å²) in [6.07, 6.45) is 0. The smallest absolute Gasteiger partial charge is 0.252 e. The molecular formula is C80H74BN5. The van der Waals surface area contributed by atoms with Gasteiger partial charge in [0.05, 0.1) is 28.1 Å². The molecule has 0 atom stereocenters. The Morgan fingerprint density at radius 1 is 0.314 bits per heavy atom. The predicted molar refractivity (Wildman–Crippen MR) is 367 cm³/mol. The minimum atomic E-state index is -0.0901. The van der Waals surface area contributed by atoms with Crippen LogP contribution in [0.2, 0.25) is 0 Å². The Bertz CT molecular complexity index is 4370. The first-order chi connectivity index (χ1) is 41.2. The molecule has 0 N–H and O–H groups in total. The summed E-state index contributed by atoms with van der Waals surface area (Å²) in [6, 6.07) is 85.8. The number of aromatic nitrogens is 3. The van der Waals surface area contributed by atoms with E-state index in [0.717, 1.165) is 55.9 Å². The maximum atomic E-state index is 5.36. The molecule has 0 spiro atoms. The van der Waals surface area contributed by atoms with Crippen LogP contribution in [0.4, 0.5) is 34.1 Å². The molecule has 0 amide bonds. The molecule has 14 rings (SSSR count). The van der Waals surface area contributed by atoms with Gasteiger partial charge in [-0.25, -0.2) is 9.97 Å². The van der Waals surface area contributed by atoms with Crippen LogP contribution in [-0.4, -0.2) is 21.2 Å². The van der Waals surface area contributed by atoms with E-state index >= 15 is 0 Å². The second-order valence-electron chi connectivity index (χ2n) is 28.0. The minimum absolute atomic E-state index is 0.0172. The lowest BCUT2D eigenvalue weighted by atomic mass is 9.33. The summed E-state index contributed by atoms with van der Waals surface area (Å²) in [5, 5.41) is 2.35. The van der Waals surface area contributed by atoms with E-state index in [9.17, 15) is 0 Å². The normalized spacial score (nSPS) is 13.3. The maximum Gasteiger partial charge on any atom is 0.252 e. The van der Waals surface area contributed by atoms with Gasteiger partial charge in [-0.3, -0.25) is 0 Å². The van der Waals surface area contributed by atoms with E-state index < -0.39 is 0 Å². The lowest BCUT2D eigenvalue weighted by Crippen LogP contribution is -2.61. The molecule has 0 bridgehead atoms. The Morgan fingerprint density at radius 2 is 0.733 bits per heavy atom. The Kier molecular flexibility index (Phi) is 12.8. The molecule has 2 aliphatic rings. The van der Waals surface area contributed by atoms with E-state index in [4.69, 9.17) is 9.97 Å². The van der Waals surface area contributed by atoms with Crippen molar-refractivity contribution in [3.8, 4) is 50.7 Å². The van der Waals surface area contributed by atoms with Crippen molar-refractivity contribution in [1.82, 2.24) is 14.5 Å². The standard InChI is InChI=1S/C80H74BN5/c1-77(2,3)55-44-56(78(4,5)6)47-59(46-55)84-71-37-25-21-33-64(71)81-65-34-22-26-38-72(65)85(60-48-57(79(7,8)9)45-58(49-60)80(10,11)12)74-43-54(42-73(84)75(74)81)53-39-40-70-63(41-53)61-31-19-23-35-68(61)86(70)69-36-24-20-32-62(69)76-82-66(51-27-15-13-16-28-51)50-67(83-76)52-29-17-14-18-30-52/h13-50H,1-12H3. The van der Waals surface area contributed by atoms with Crippen LogP contribution in [0.1, 0.15) is 105 Å². The first-order valence-corrected chi connectivity index (χ1v) is 30.6. The number of nitrogens with zero attached hydrogens (tertiary/aromatic N) is 5. The van der Waals surface area contributed by atoms with Crippen LogP contribution in [0.25, 0.3) is 72.5 Å². The van der Waals surface area contributed by atoms with Gasteiger partial charge in [0.15, 0.2) is 5.82 Å².